The first-order chi connectivity index (χ1) is 20.0. The maximum absolute atomic E-state index is 11.7. The van der Waals surface area contributed by atoms with Crippen LogP contribution in [-0.4, -0.2) is 41.1 Å². The van der Waals surface area contributed by atoms with Crippen molar-refractivity contribution in [3.8, 4) is 0 Å². The van der Waals surface area contributed by atoms with E-state index in [4.69, 9.17) is 9.47 Å². The number of rotatable bonds is 14. The van der Waals surface area contributed by atoms with Crippen molar-refractivity contribution in [2.45, 2.75) is 76.3 Å². The summed E-state index contributed by atoms with van der Waals surface area (Å²) >= 11 is 0. The average molecular weight is 557 g/mol. The van der Waals surface area contributed by atoms with Gasteiger partial charge in [0, 0.05) is 25.9 Å². The molecule has 0 heterocycles. The van der Waals surface area contributed by atoms with Crippen LogP contribution in [0.1, 0.15) is 69.1 Å². The molecule has 1 saturated carbocycles. The van der Waals surface area contributed by atoms with Crippen molar-refractivity contribution in [3.63, 3.8) is 0 Å². The van der Waals surface area contributed by atoms with Crippen LogP contribution < -0.4 is 0 Å². The Kier molecular flexibility index (Phi) is 11.3. The monoisotopic (exact) mass is 556 g/mol. The molecule has 1 aliphatic carbocycles. The number of aliphatic hydroxyl groups is 2. The van der Waals surface area contributed by atoms with Crippen molar-refractivity contribution in [1.82, 2.24) is 0 Å². The predicted molar refractivity (Wildman–Crippen MR) is 162 cm³/mol. The molecule has 0 spiro atoms. The molecule has 5 nitrogen and oxygen atoms in total. The zero-order valence-corrected chi connectivity index (χ0v) is 24.3. The van der Waals surface area contributed by atoms with E-state index in [1.54, 1.807) is 0 Å². The van der Waals surface area contributed by atoms with E-state index in [1.807, 2.05) is 66.7 Å². The van der Waals surface area contributed by atoms with Gasteiger partial charge in [0.15, 0.2) is 0 Å². The average Bonchev–Trinajstić information content (AvgIpc) is 3.26. The van der Waals surface area contributed by atoms with Gasteiger partial charge in [-0.1, -0.05) is 117 Å². The van der Waals surface area contributed by atoms with Crippen molar-refractivity contribution < 1.29 is 24.5 Å². The highest BCUT2D eigenvalue weighted by atomic mass is 16.5. The fourth-order valence-corrected chi connectivity index (χ4v) is 6.15. The Balaban J connectivity index is 1.58. The van der Waals surface area contributed by atoms with Crippen LogP contribution in [0.25, 0.3) is 0 Å². The molecule has 0 unspecified atom stereocenters. The summed E-state index contributed by atoms with van der Waals surface area (Å²) in [6, 6.07) is 30.7. The Bertz CT molecular complexity index is 1110. The van der Waals surface area contributed by atoms with Gasteiger partial charge in [0.25, 0.3) is 0 Å². The van der Waals surface area contributed by atoms with Gasteiger partial charge in [-0.25, -0.2) is 0 Å². The lowest BCUT2D eigenvalue weighted by Gasteiger charge is -2.36. The lowest BCUT2D eigenvalue weighted by atomic mass is 9.80. The molecule has 0 saturated heterocycles. The zero-order chi connectivity index (χ0) is 29.1. The normalized spacial score (nSPS) is 21.7. The van der Waals surface area contributed by atoms with Crippen LogP contribution in [0.15, 0.2) is 103 Å². The Morgan fingerprint density at radius 1 is 0.878 bits per heavy atom. The third-order valence-electron chi connectivity index (χ3n) is 8.18. The van der Waals surface area contributed by atoms with Crippen LogP contribution >= 0.6 is 0 Å². The first-order valence-electron chi connectivity index (χ1n) is 15.0. The third kappa shape index (κ3) is 7.73. The van der Waals surface area contributed by atoms with Gasteiger partial charge < -0.3 is 19.7 Å². The summed E-state index contributed by atoms with van der Waals surface area (Å²) in [7, 11) is 0. The molecular weight excluding hydrogens is 512 g/mol. The van der Waals surface area contributed by atoms with Gasteiger partial charge in [-0.15, -0.1) is 0 Å². The molecule has 0 aromatic heterocycles. The first-order valence-corrected chi connectivity index (χ1v) is 15.0. The molecule has 5 atom stereocenters. The quantitative estimate of drug-likeness (QED) is 0.0987. The second kappa shape index (κ2) is 15.1. The largest absolute Gasteiger partial charge is 0.458 e. The van der Waals surface area contributed by atoms with Gasteiger partial charge >= 0.3 is 5.97 Å². The minimum atomic E-state index is -0.836. The van der Waals surface area contributed by atoms with Crippen LogP contribution in [0.2, 0.25) is 0 Å². The summed E-state index contributed by atoms with van der Waals surface area (Å²) in [6.45, 7) is 3.94. The second-order valence-electron chi connectivity index (χ2n) is 11.1. The van der Waals surface area contributed by atoms with E-state index < -0.39 is 17.8 Å². The first kappa shape index (κ1) is 30.7. The van der Waals surface area contributed by atoms with Gasteiger partial charge in [-0.05, 0) is 47.9 Å². The van der Waals surface area contributed by atoms with Gasteiger partial charge in [0.05, 0.1) is 12.2 Å². The highest BCUT2D eigenvalue weighted by Crippen LogP contribution is 2.42. The molecular formula is C36H44O5. The third-order valence-corrected chi connectivity index (χ3v) is 8.18. The molecule has 2 N–H and O–H groups in total. The number of carbonyl (C=O) groups is 1. The maximum atomic E-state index is 11.7. The molecule has 3 aromatic rings. The Morgan fingerprint density at radius 3 is 1.90 bits per heavy atom. The van der Waals surface area contributed by atoms with Crippen molar-refractivity contribution in [3.05, 3.63) is 120 Å². The Labute approximate surface area is 244 Å². The molecule has 218 valence electrons. The van der Waals surface area contributed by atoms with Crippen molar-refractivity contribution >= 4 is 5.97 Å². The number of hydrogen-bond acceptors (Lipinski definition) is 5. The number of ether oxygens (including phenoxy) is 2. The minimum Gasteiger partial charge on any atom is -0.458 e. The van der Waals surface area contributed by atoms with E-state index in [9.17, 15) is 15.0 Å². The van der Waals surface area contributed by atoms with E-state index in [0.29, 0.717) is 19.4 Å². The second-order valence-corrected chi connectivity index (χ2v) is 11.1. The molecule has 3 aromatic carbocycles. The van der Waals surface area contributed by atoms with E-state index in [2.05, 4.69) is 43.3 Å². The number of hydrogen-bond donors (Lipinski definition) is 2. The summed E-state index contributed by atoms with van der Waals surface area (Å²) in [4.78, 5) is 11.7. The zero-order valence-electron chi connectivity index (χ0n) is 24.3. The summed E-state index contributed by atoms with van der Waals surface area (Å²) < 4.78 is 12.5. The summed E-state index contributed by atoms with van der Waals surface area (Å²) in [5.74, 6) is -0.750. The highest BCUT2D eigenvalue weighted by Gasteiger charge is 2.42. The summed E-state index contributed by atoms with van der Waals surface area (Å²) in [6.07, 6.45) is 6.96. The van der Waals surface area contributed by atoms with Gasteiger partial charge in [-0.3, -0.25) is 4.79 Å². The lowest BCUT2D eigenvalue weighted by molar-refractivity contribution is -0.144. The minimum absolute atomic E-state index is 0.185. The number of unbranched alkanes of at least 4 members (excludes halogenated alkanes) is 2. The molecule has 1 aliphatic rings. The SMILES string of the molecule is CCCCC[C@H](/C=C/[C@H]1[C@H](CCOC(c2ccccc2)(c2ccccc2)c2ccccc2)[C@@H](O)C[C@H]1O)OC(C)=O. The standard InChI is InChI=1S/C36H44O5/c1-3-4-8-21-31(41-27(2)37)22-23-32-33(35(39)26-34(32)38)24-25-40-36(28-15-9-5-10-16-28,29-17-11-6-12-18-29)30-19-13-7-14-20-30/h5-7,9-20,22-23,31-35,38-39H,3-4,8,21,24-26H2,1-2H3/b23-22+/t31-,32+,33+,34-,35+/m1/s1. The molecule has 0 aliphatic heterocycles. The number of esters is 1. The van der Waals surface area contributed by atoms with E-state index in [-0.39, 0.29) is 23.9 Å². The van der Waals surface area contributed by atoms with Crippen molar-refractivity contribution in [2.75, 3.05) is 6.61 Å². The number of aliphatic hydroxyl groups excluding tert-OH is 2. The fraction of sp³-hybridized carbons (Fsp3) is 0.417. The molecule has 0 radical (unpaired) electrons. The van der Waals surface area contributed by atoms with Gasteiger partial charge in [0.2, 0.25) is 0 Å². The predicted octanol–water partition coefficient (Wildman–Crippen LogP) is 6.81. The van der Waals surface area contributed by atoms with Crippen LogP contribution in [0, 0.1) is 11.8 Å². The van der Waals surface area contributed by atoms with Crippen molar-refractivity contribution in [2.24, 2.45) is 11.8 Å². The van der Waals surface area contributed by atoms with Gasteiger partial charge in [-0.2, -0.15) is 0 Å². The topological polar surface area (TPSA) is 76.0 Å². The molecule has 5 heteroatoms. The number of benzene rings is 3. The van der Waals surface area contributed by atoms with Crippen LogP contribution in [0.5, 0.6) is 0 Å². The van der Waals surface area contributed by atoms with Crippen LogP contribution in [0.3, 0.4) is 0 Å². The Hall–Kier alpha value is -3.25. The van der Waals surface area contributed by atoms with Crippen LogP contribution in [0.4, 0.5) is 0 Å². The number of carbonyl (C=O) groups excluding carboxylic acids is 1. The van der Waals surface area contributed by atoms with Crippen LogP contribution in [-0.2, 0) is 19.9 Å². The highest BCUT2D eigenvalue weighted by molar-refractivity contribution is 5.66. The molecule has 1 fully saturated rings. The van der Waals surface area contributed by atoms with E-state index in [1.165, 1.54) is 6.92 Å². The summed E-state index contributed by atoms with van der Waals surface area (Å²) in [5.41, 5.74) is 2.24. The lowest BCUT2D eigenvalue weighted by Crippen LogP contribution is -2.34. The van der Waals surface area contributed by atoms with E-state index in [0.717, 1.165) is 42.4 Å². The van der Waals surface area contributed by atoms with Crippen molar-refractivity contribution in [1.29, 1.82) is 0 Å². The molecule has 4 rings (SSSR count). The summed E-state index contributed by atoms with van der Waals surface area (Å²) in [5, 5.41) is 21.8. The fourth-order valence-electron chi connectivity index (χ4n) is 6.15. The Morgan fingerprint density at radius 2 is 1.41 bits per heavy atom. The molecule has 0 bridgehead atoms. The molecule has 0 amide bonds. The molecule has 41 heavy (non-hydrogen) atoms. The smallest absolute Gasteiger partial charge is 0.303 e. The maximum Gasteiger partial charge on any atom is 0.303 e. The van der Waals surface area contributed by atoms with E-state index >= 15 is 0 Å². The van der Waals surface area contributed by atoms with Gasteiger partial charge in [0.1, 0.15) is 11.7 Å².